The van der Waals surface area contributed by atoms with Gasteiger partial charge in [0.15, 0.2) is 0 Å². The van der Waals surface area contributed by atoms with Crippen molar-refractivity contribution in [1.82, 2.24) is 0 Å². The van der Waals surface area contributed by atoms with Gasteiger partial charge in [-0.05, 0) is 24.1 Å². The van der Waals surface area contributed by atoms with E-state index in [1.807, 2.05) is 31.2 Å². The lowest BCUT2D eigenvalue weighted by molar-refractivity contribution is -0.121. The predicted molar refractivity (Wildman–Crippen MR) is 74.5 cm³/mol. The fourth-order valence-corrected chi connectivity index (χ4v) is 1.92. The second-order valence-electron chi connectivity index (χ2n) is 4.77. The molecule has 0 aromatic heterocycles. The molecule has 0 aliphatic rings. The van der Waals surface area contributed by atoms with Crippen molar-refractivity contribution in [3.05, 3.63) is 29.8 Å². The Morgan fingerprint density at radius 2 is 1.94 bits per heavy atom. The summed E-state index contributed by atoms with van der Waals surface area (Å²) in [7, 11) is 1.80. The van der Waals surface area contributed by atoms with E-state index in [-0.39, 0.29) is 18.4 Å². The monoisotopic (exact) mass is 249 g/mol. The molecule has 1 rings (SSSR count). The number of rotatable bonds is 6. The van der Waals surface area contributed by atoms with Crippen LogP contribution in [0.15, 0.2) is 24.3 Å². The van der Waals surface area contributed by atoms with E-state index in [0.29, 0.717) is 0 Å². The number of unbranched alkanes of at least 4 members (excludes halogenated alkanes) is 1. The van der Waals surface area contributed by atoms with Crippen molar-refractivity contribution < 1.29 is 9.90 Å². The minimum Gasteiger partial charge on any atom is -0.392 e. The number of aliphatic hydroxyl groups excluding tert-OH is 1. The van der Waals surface area contributed by atoms with E-state index in [9.17, 15) is 4.79 Å². The van der Waals surface area contributed by atoms with E-state index in [0.717, 1.165) is 30.5 Å². The molecule has 1 N–H and O–H groups in total. The van der Waals surface area contributed by atoms with Gasteiger partial charge < -0.3 is 10.0 Å². The van der Waals surface area contributed by atoms with Gasteiger partial charge in [0.05, 0.1) is 6.61 Å². The molecule has 1 aromatic rings. The van der Waals surface area contributed by atoms with E-state index in [1.165, 1.54) is 0 Å². The highest BCUT2D eigenvalue weighted by molar-refractivity contribution is 5.94. The standard InChI is InChI=1S/C15H23NO2/c1-4-5-6-12(2)15(18)16(3)14-9-7-13(11-17)8-10-14/h7-10,12,17H,4-6,11H2,1-3H3. The number of carbonyl (C=O) groups is 1. The van der Waals surface area contributed by atoms with E-state index >= 15 is 0 Å². The second kappa shape index (κ2) is 7.17. The average Bonchev–Trinajstić information content (AvgIpc) is 2.43. The van der Waals surface area contributed by atoms with E-state index in [1.54, 1.807) is 11.9 Å². The highest BCUT2D eigenvalue weighted by atomic mass is 16.3. The van der Waals surface area contributed by atoms with E-state index in [2.05, 4.69) is 6.92 Å². The lowest BCUT2D eigenvalue weighted by atomic mass is 10.0. The third-order valence-corrected chi connectivity index (χ3v) is 3.25. The maximum Gasteiger partial charge on any atom is 0.229 e. The fourth-order valence-electron chi connectivity index (χ4n) is 1.92. The molecule has 100 valence electrons. The Labute approximate surface area is 109 Å². The summed E-state index contributed by atoms with van der Waals surface area (Å²) in [5, 5.41) is 8.98. The number of hydrogen-bond acceptors (Lipinski definition) is 2. The Bertz CT molecular complexity index is 373. The van der Waals surface area contributed by atoms with E-state index < -0.39 is 0 Å². The van der Waals surface area contributed by atoms with Crippen molar-refractivity contribution in [2.75, 3.05) is 11.9 Å². The van der Waals surface area contributed by atoms with Crippen LogP contribution in [-0.4, -0.2) is 18.1 Å². The maximum atomic E-state index is 12.2. The van der Waals surface area contributed by atoms with Crippen LogP contribution in [0, 0.1) is 5.92 Å². The van der Waals surface area contributed by atoms with Gasteiger partial charge in [-0.1, -0.05) is 38.8 Å². The molecule has 3 heteroatoms. The smallest absolute Gasteiger partial charge is 0.229 e. The molecule has 0 radical (unpaired) electrons. The molecule has 0 heterocycles. The number of amides is 1. The van der Waals surface area contributed by atoms with Crippen molar-refractivity contribution in [2.45, 2.75) is 39.7 Å². The zero-order chi connectivity index (χ0) is 13.5. The van der Waals surface area contributed by atoms with Gasteiger partial charge in [-0.25, -0.2) is 0 Å². The van der Waals surface area contributed by atoms with Crippen molar-refractivity contribution in [2.24, 2.45) is 5.92 Å². The molecule has 1 amide bonds. The number of hydrogen-bond donors (Lipinski definition) is 1. The summed E-state index contributed by atoms with van der Waals surface area (Å²) in [5.41, 5.74) is 1.74. The normalized spacial score (nSPS) is 12.2. The van der Waals surface area contributed by atoms with Gasteiger partial charge in [-0.15, -0.1) is 0 Å². The lowest BCUT2D eigenvalue weighted by Crippen LogP contribution is -2.31. The van der Waals surface area contributed by atoms with Crippen LogP contribution in [0.5, 0.6) is 0 Å². The van der Waals surface area contributed by atoms with Gasteiger partial charge >= 0.3 is 0 Å². The zero-order valence-electron chi connectivity index (χ0n) is 11.5. The number of aliphatic hydroxyl groups is 1. The van der Waals surface area contributed by atoms with Gasteiger partial charge in [-0.2, -0.15) is 0 Å². The maximum absolute atomic E-state index is 12.2. The third-order valence-electron chi connectivity index (χ3n) is 3.25. The summed E-state index contributed by atoms with van der Waals surface area (Å²) in [6.45, 7) is 4.15. The molecule has 0 fully saturated rings. The molecule has 0 bridgehead atoms. The molecule has 1 atom stereocenters. The van der Waals surface area contributed by atoms with Gasteiger partial charge in [0.25, 0.3) is 0 Å². The van der Waals surface area contributed by atoms with Crippen molar-refractivity contribution in [3.8, 4) is 0 Å². The largest absolute Gasteiger partial charge is 0.392 e. The Morgan fingerprint density at radius 3 is 2.44 bits per heavy atom. The van der Waals surface area contributed by atoms with Crippen LogP contribution in [0.25, 0.3) is 0 Å². The Morgan fingerprint density at radius 1 is 1.33 bits per heavy atom. The van der Waals surface area contributed by atoms with Crippen molar-refractivity contribution in [3.63, 3.8) is 0 Å². The minimum absolute atomic E-state index is 0.0326. The molecule has 0 aliphatic heterocycles. The first-order valence-corrected chi connectivity index (χ1v) is 6.57. The van der Waals surface area contributed by atoms with Crippen molar-refractivity contribution >= 4 is 11.6 Å². The van der Waals surface area contributed by atoms with Crippen LogP contribution < -0.4 is 4.90 Å². The summed E-state index contributed by atoms with van der Waals surface area (Å²) in [6, 6.07) is 7.43. The first-order chi connectivity index (χ1) is 8.60. The van der Waals surface area contributed by atoms with Gasteiger partial charge in [0.1, 0.15) is 0 Å². The van der Waals surface area contributed by atoms with Gasteiger partial charge in [-0.3, -0.25) is 4.79 Å². The molecule has 0 spiro atoms. The predicted octanol–water partition coefficient (Wildman–Crippen LogP) is 2.97. The molecular formula is C15H23NO2. The highest BCUT2D eigenvalue weighted by Gasteiger charge is 2.17. The summed E-state index contributed by atoms with van der Waals surface area (Å²) in [6.07, 6.45) is 3.14. The molecule has 1 unspecified atom stereocenters. The third kappa shape index (κ3) is 3.84. The molecular weight excluding hydrogens is 226 g/mol. The number of carbonyl (C=O) groups excluding carboxylic acids is 1. The molecule has 0 aliphatic carbocycles. The Hall–Kier alpha value is -1.35. The van der Waals surface area contributed by atoms with Crippen LogP contribution in [0.1, 0.15) is 38.7 Å². The molecule has 1 aromatic carbocycles. The Kier molecular flexibility index (Phi) is 5.86. The lowest BCUT2D eigenvalue weighted by Gasteiger charge is -2.21. The summed E-state index contributed by atoms with van der Waals surface area (Å²) in [5.74, 6) is 0.215. The highest BCUT2D eigenvalue weighted by Crippen LogP contribution is 2.18. The first-order valence-electron chi connectivity index (χ1n) is 6.57. The quantitative estimate of drug-likeness (QED) is 0.842. The second-order valence-corrected chi connectivity index (χ2v) is 4.77. The topological polar surface area (TPSA) is 40.5 Å². The Balaban J connectivity index is 2.67. The van der Waals surface area contributed by atoms with Crippen LogP contribution in [0.2, 0.25) is 0 Å². The number of nitrogens with zero attached hydrogens (tertiary/aromatic N) is 1. The number of anilines is 1. The van der Waals surface area contributed by atoms with Gasteiger partial charge in [0.2, 0.25) is 5.91 Å². The van der Waals surface area contributed by atoms with Crippen LogP contribution in [0.3, 0.4) is 0 Å². The molecule has 3 nitrogen and oxygen atoms in total. The first kappa shape index (κ1) is 14.7. The molecule has 18 heavy (non-hydrogen) atoms. The fraction of sp³-hybridized carbons (Fsp3) is 0.533. The van der Waals surface area contributed by atoms with E-state index in [4.69, 9.17) is 5.11 Å². The van der Waals surface area contributed by atoms with Crippen LogP contribution in [0.4, 0.5) is 5.69 Å². The van der Waals surface area contributed by atoms with Crippen LogP contribution >= 0.6 is 0 Å². The van der Waals surface area contributed by atoms with Gasteiger partial charge in [0, 0.05) is 18.7 Å². The minimum atomic E-state index is 0.0326. The summed E-state index contributed by atoms with van der Waals surface area (Å²) >= 11 is 0. The summed E-state index contributed by atoms with van der Waals surface area (Å²) in [4.78, 5) is 13.9. The molecule has 0 saturated heterocycles. The van der Waals surface area contributed by atoms with Crippen LogP contribution in [-0.2, 0) is 11.4 Å². The average molecular weight is 249 g/mol. The SMILES string of the molecule is CCCCC(C)C(=O)N(C)c1ccc(CO)cc1. The summed E-state index contributed by atoms with van der Waals surface area (Å²) < 4.78 is 0. The zero-order valence-corrected chi connectivity index (χ0v) is 11.5. The van der Waals surface area contributed by atoms with Crippen molar-refractivity contribution in [1.29, 1.82) is 0 Å². The number of benzene rings is 1. The molecule has 0 saturated carbocycles.